The maximum absolute atomic E-state index is 12.5. The van der Waals surface area contributed by atoms with Gasteiger partial charge in [0.25, 0.3) is 5.56 Å². The van der Waals surface area contributed by atoms with Gasteiger partial charge in [-0.2, -0.15) is 10.2 Å². The first-order valence-corrected chi connectivity index (χ1v) is 9.64. The lowest BCUT2D eigenvalue weighted by molar-refractivity contribution is -0.121. The summed E-state index contributed by atoms with van der Waals surface area (Å²) in [6.07, 6.45) is 2.84. The zero-order valence-corrected chi connectivity index (χ0v) is 17.2. The summed E-state index contributed by atoms with van der Waals surface area (Å²) >= 11 is 0. The van der Waals surface area contributed by atoms with Crippen molar-refractivity contribution in [3.05, 3.63) is 75.7 Å². The lowest BCUT2D eigenvalue weighted by Crippen LogP contribution is -2.32. The number of hydrogen-bond donors (Lipinski definition) is 1. The van der Waals surface area contributed by atoms with Crippen LogP contribution in [-0.4, -0.2) is 35.0 Å². The van der Waals surface area contributed by atoms with E-state index in [2.05, 4.69) is 32.6 Å². The number of hydrogen-bond acceptors (Lipinski definition) is 5. The third-order valence-electron chi connectivity index (χ3n) is 5.20. The van der Waals surface area contributed by atoms with E-state index >= 15 is 0 Å². The molecular weight excluding hydrogens is 382 g/mol. The van der Waals surface area contributed by atoms with Crippen LogP contribution >= 0.6 is 0 Å². The van der Waals surface area contributed by atoms with Gasteiger partial charge in [0.1, 0.15) is 18.3 Å². The Hall–Kier alpha value is -3.75. The number of carbonyl (C=O) groups excluding carboxylic acids is 1. The minimum absolute atomic E-state index is 0.104. The summed E-state index contributed by atoms with van der Waals surface area (Å²) in [5, 5.41) is 11.9. The van der Waals surface area contributed by atoms with Gasteiger partial charge in [-0.15, -0.1) is 0 Å². The average Bonchev–Trinajstić information content (AvgIpc) is 3.23. The van der Waals surface area contributed by atoms with Crippen molar-refractivity contribution in [2.45, 2.75) is 33.5 Å². The van der Waals surface area contributed by atoms with Crippen LogP contribution in [0.15, 0.2) is 47.7 Å². The molecule has 1 N–H and O–H groups in total. The van der Waals surface area contributed by atoms with Crippen LogP contribution in [0, 0.1) is 13.8 Å². The number of fused-ring (bicyclic) bond motifs is 1. The Kier molecular flexibility index (Phi) is 5.18. The predicted octanol–water partition coefficient (Wildman–Crippen LogP) is 1.31. The van der Waals surface area contributed by atoms with Gasteiger partial charge in [-0.3, -0.25) is 23.5 Å². The molecule has 0 bridgehead atoms. The Balaban J connectivity index is 1.44. The Bertz CT molecular complexity index is 1270. The Morgan fingerprint density at radius 3 is 2.70 bits per heavy atom. The smallest absolute Gasteiger partial charge is 0.264 e. The van der Waals surface area contributed by atoms with Gasteiger partial charge in [-0.1, -0.05) is 30.3 Å². The van der Waals surface area contributed by atoms with E-state index in [1.54, 1.807) is 7.05 Å². The summed E-state index contributed by atoms with van der Waals surface area (Å²) in [4.78, 5) is 29.2. The van der Waals surface area contributed by atoms with E-state index in [-0.39, 0.29) is 18.0 Å². The first-order chi connectivity index (χ1) is 14.4. The Morgan fingerprint density at radius 1 is 1.17 bits per heavy atom. The fraction of sp³-hybridized carbons (Fsp3) is 0.286. The fourth-order valence-corrected chi connectivity index (χ4v) is 3.48. The zero-order valence-electron chi connectivity index (χ0n) is 17.2. The van der Waals surface area contributed by atoms with Gasteiger partial charge < -0.3 is 5.32 Å². The summed E-state index contributed by atoms with van der Waals surface area (Å²) < 4.78 is 4.76. The molecule has 0 saturated carbocycles. The quantitative estimate of drug-likeness (QED) is 0.521. The first-order valence-electron chi connectivity index (χ1n) is 9.64. The second kappa shape index (κ2) is 7.94. The van der Waals surface area contributed by atoms with Gasteiger partial charge >= 0.3 is 0 Å². The molecule has 4 aromatic rings. The van der Waals surface area contributed by atoms with Crippen molar-refractivity contribution >= 4 is 16.9 Å². The molecule has 0 aliphatic rings. The molecule has 0 saturated heterocycles. The van der Waals surface area contributed by atoms with E-state index in [9.17, 15) is 9.59 Å². The lowest BCUT2D eigenvalue weighted by Gasteiger charge is -2.09. The van der Waals surface area contributed by atoms with Crippen LogP contribution in [0.3, 0.4) is 0 Å². The number of aromatic nitrogens is 6. The largest absolute Gasteiger partial charge is 0.350 e. The van der Waals surface area contributed by atoms with E-state index < -0.39 is 0 Å². The zero-order chi connectivity index (χ0) is 21.3. The number of benzene rings is 1. The molecule has 9 nitrogen and oxygen atoms in total. The van der Waals surface area contributed by atoms with Crippen LogP contribution in [0.5, 0.6) is 0 Å². The van der Waals surface area contributed by atoms with Gasteiger partial charge in [0.2, 0.25) is 5.91 Å². The summed E-state index contributed by atoms with van der Waals surface area (Å²) in [6, 6.07) is 10.1. The first kappa shape index (κ1) is 19.6. The molecule has 0 spiro atoms. The third-order valence-corrected chi connectivity index (χ3v) is 5.20. The molecule has 1 aromatic carbocycles. The second-order valence-electron chi connectivity index (χ2n) is 7.25. The van der Waals surface area contributed by atoms with Crippen LogP contribution in [-0.2, 0) is 31.5 Å². The van der Waals surface area contributed by atoms with Crippen LogP contribution < -0.4 is 10.9 Å². The molecule has 0 aliphatic carbocycles. The summed E-state index contributed by atoms with van der Waals surface area (Å²) in [7, 11) is 1.72. The minimum atomic E-state index is -0.286. The Morgan fingerprint density at radius 2 is 1.93 bits per heavy atom. The molecule has 0 aliphatic heterocycles. The minimum Gasteiger partial charge on any atom is -0.350 e. The summed E-state index contributed by atoms with van der Waals surface area (Å²) in [6.45, 7) is 4.85. The molecule has 0 atom stereocenters. The number of amides is 1. The number of nitrogens with one attached hydrogen (secondary N) is 1. The third kappa shape index (κ3) is 3.73. The van der Waals surface area contributed by atoms with Gasteiger partial charge in [0.15, 0.2) is 5.65 Å². The van der Waals surface area contributed by atoms with Crippen LogP contribution in [0.25, 0.3) is 11.0 Å². The standard InChI is InChI=1S/C21H23N7O2/c1-14-17(15(2)28(25-14)11-16-7-5-4-6-8-16)9-22-19(29)12-27-13-23-20-18(21(27)30)10-24-26(20)3/h4-8,10,13H,9,11-12H2,1-3H3,(H,22,29). The molecule has 30 heavy (non-hydrogen) atoms. The summed E-state index contributed by atoms with van der Waals surface area (Å²) in [5.41, 5.74) is 4.23. The maximum Gasteiger partial charge on any atom is 0.264 e. The lowest BCUT2D eigenvalue weighted by atomic mass is 10.2. The number of nitrogens with zero attached hydrogens (tertiary/aromatic N) is 6. The SMILES string of the molecule is Cc1nn(Cc2ccccc2)c(C)c1CNC(=O)Cn1cnc2c(cnn2C)c1=O. The molecule has 3 aromatic heterocycles. The second-order valence-corrected chi connectivity index (χ2v) is 7.25. The highest BCUT2D eigenvalue weighted by Gasteiger charge is 2.14. The molecular formula is C21H23N7O2. The van der Waals surface area contributed by atoms with Crippen LogP contribution in [0.1, 0.15) is 22.5 Å². The normalized spacial score (nSPS) is 11.2. The molecule has 4 rings (SSSR count). The van der Waals surface area contributed by atoms with Crippen molar-refractivity contribution in [2.75, 3.05) is 0 Å². The van der Waals surface area contributed by atoms with Crippen molar-refractivity contribution in [3.63, 3.8) is 0 Å². The number of aryl methyl sites for hydroxylation is 2. The van der Waals surface area contributed by atoms with Gasteiger partial charge in [0.05, 0.1) is 18.4 Å². The molecule has 154 valence electrons. The molecule has 3 heterocycles. The van der Waals surface area contributed by atoms with Crippen molar-refractivity contribution < 1.29 is 4.79 Å². The van der Waals surface area contributed by atoms with Crippen molar-refractivity contribution in [3.8, 4) is 0 Å². The number of carbonyl (C=O) groups is 1. The topological polar surface area (TPSA) is 99.6 Å². The monoisotopic (exact) mass is 405 g/mol. The van der Waals surface area contributed by atoms with Crippen LogP contribution in [0.2, 0.25) is 0 Å². The van der Waals surface area contributed by atoms with E-state index in [4.69, 9.17) is 0 Å². The fourth-order valence-electron chi connectivity index (χ4n) is 3.48. The highest BCUT2D eigenvalue weighted by Crippen LogP contribution is 2.14. The molecule has 0 radical (unpaired) electrons. The molecule has 0 unspecified atom stereocenters. The highest BCUT2D eigenvalue weighted by atomic mass is 16.2. The van der Waals surface area contributed by atoms with Crippen molar-refractivity contribution in [2.24, 2.45) is 7.05 Å². The van der Waals surface area contributed by atoms with E-state index in [0.29, 0.717) is 24.1 Å². The molecule has 1 amide bonds. The van der Waals surface area contributed by atoms with Gasteiger partial charge in [0, 0.05) is 24.8 Å². The van der Waals surface area contributed by atoms with Crippen LogP contribution in [0.4, 0.5) is 0 Å². The maximum atomic E-state index is 12.5. The highest BCUT2D eigenvalue weighted by molar-refractivity contribution is 5.77. The van der Waals surface area contributed by atoms with E-state index in [1.807, 2.05) is 36.7 Å². The van der Waals surface area contributed by atoms with Crippen molar-refractivity contribution in [1.29, 1.82) is 0 Å². The van der Waals surface area contributed by atoms with E-state index in [1.165, 1.54) is 21.8 Å². The van der Waals surface area contributed by atoms with Crippen molar-refractivity contribution in [1.82, 2.24) is 34.4 Å². The van der Waals surface area contributed by atoms with Gasteiger partial charge in [-0.05, 0) is 19.4 Å². The van der Waals surface area contributed by atoms with Gasteiger partial charge in [-0.25, -0.2) is 4.98 Å². The predicted molar refractivity (Wildman–Crippen MR) is 112 cm³/mol. The number of rotatable bonds is 6. The van der Waals surface area contributed by atoms with E-state index in [0.717, 1.165) is 22.5 Å². The Labute approximate surface area is 173 Å². The molecule has 9 heteroatoms. The molecule has 0 fully saturated rings. The summed E-state index contributed by atoms with van der Waals surface area (Å²) in [5.74, 6) is -0.267. The average molecular weight is 405 g/mol.